The van der Waals surface area contributed by atoms with Crippen molar-refractivity contribution in [3.05, 3.63) is 87.8 Å². The fraction of sp³-hybridized carbons (Fsp3) is 0.0476. The Hall–Kier alpha value is -3.46. The van der Waals surface area contributed by atoms with Gasteiger partial charge in [-0.1, -0.05) is 23.7 Å². The number of aliphatic imine (C=N–C) groups is 1. The van der Waals surface area contributed by atoms with Gasteiger partial charge in [0.15, 0.2) is 17.3 Å². The summed E-state index contributed by atoms with van der Waals surface area (Å²) >= 11 is 5.86. The van der Waals surface area contributed by atoms with E-state index >= 15 is 0 Å². The fourth-order valence-corrected chi connectivity index (χ4v) is 3.01. The van der Waals surface area contributed by atoms with E-state index in [0.29, 0.717) is 0 Å². The summed E-state index contributed by atoms with van der Waals surface area (Å²) in [5.41, 5.74) is -0.994. The van der Waals surface area contributed by atoms with Crippen molar-refractivity contribution in [2.45, 2.75) is 6.18 Å². The Morgan fingerprint density at radius 3 is 2.48 bits per heavy atom. The van der Waals surface area contributed by atoms with Crippen molar-refractivity contribution in [1.82, 2.24) is 0 Å². The molecule has 0 aliphatic carbocycles. The number of furan rings is 1. The van der Waals surface area contributed by atoms with E-state index in [2.05, 4.69) is 4.99 Å². The Morgan fingerprint density at radius 1 is 1.00 bits per heavy atom. The van der Waals surface area contributed by atoms with E-state index in [4.69, 9.17) is 20.8 Å². The van der Waals surface area contributed by atoms with E-state index in [1.165, 1.54) is 30.3 Å². The molecule has 0 bridgehead atoms. The summed E-state index contributed by atoms with van der Waals surface area (Å²) in [5.74, 6) is -3.35. The Bertz CT molecular complexity index is 1260. The fourth-order valence-electron chi connectivity index (χ4n) is 2.78. The van der Waals surface area contributed by atoms with Crippen molar-refractivity contribution >= 4 is 29.5 Å². The third-order valence-electron chi connectivity index (χ3n) is 4.24. The number of esters is 1. The van der Waals surface area contributed by atoms with Crippen molar-refractivity contribution in [2.75, 3.05) is 0 Å². The smallest absolute Gasteiger partial charge is 0.416 e. The summed E-state index contributed by atoms with van der Waals surface area (Å²) in [6, 6.07) is 8.87. The Morgan fingerprint density at radius 2 is 1.74 bits per heavy atom. The first-order chi connectivity index (χ1) is 14.6. The molecule has 0 saturated heterocycles. The van der Waals surface area contributed by atoms with E-state index in [1.54, 1.807) is 0 Å². The van der Waals surface area contributed by atoms with Crippen LogP contribution in [0.3, 0.4) is 0 Å². The van der Waals surface area contributed by atoms with Crippen LogP contribution in [0.2, 0.25) is 5.02 Å². The third kappa shape index (κ3) is 4.22. The molecule has 1 aliphatic rings. The van der Waals surface area contributed by atoms with Crippen LogP contribution >= 0.6 is 11.6 Å². The van der Waals surface area contributed by atoms with E-state index in [0.717, 1.165) is 24.3 Å². The molecule has 4 rings (SSSR count). The predicted molar refractivity (Wildman–Crippen MR) is 101 cm³/mol. The van der Waals surface area contributed by atoms with E-state index in [9.17, 15) is 26.7 Å². The molecule has 0 fully saturated rings. The number of hydrogen-bond acceptors (Lipinski definition) is 4. The summed E-state index contributed by atoms with van der Waals surface area (Å²) in [5, 5.41) is -0.212. The summed E-state index contributed by atoms with van der Waals surface area (Å²) < 4.78 is 75.8. The topological polar surface area (TPSA) is 51.8 Å². The molecule has 3 aromatic rings. The highest BCUT2D eigenvalue weighted by atomic mass is 35.5. The lowest BCUT2D eigenvalue weighted by Gasteiger charge is -2.07. The molecule has 0 N–H and O–H groups in total. The van der Waals surface area contributed by atoms with Gasteiger partial charge in [-0.3, -0.25) is 0 Å². The van der Waals surface area contributed by atoms with Crippen LogP contribution < -0.4 is 0 Å². The van der Waals surface area contributed by atoms with Gasteiger partial charge in [-0.15, -0.1) is 0 Å². The van der Waals surface area contributed by atoms with Crippen LogP contribution in [0.25, 0.3) is 17.4 Å². The van der Waals surface area contributed by atoms with E-state index < -0.39 is 29.3 Å². The molecule has 158 valence electrons. The lowest BCUT2D eigenvalue weighted by molar-refractivity contribution is -0.137. The zero-order chi connectivity index (χ0) is 22.3. The first-order valence-electron chi connectivity index (χ1n) is 8.57. The minimum absolute atomic E-state index is 0.112. The second-order valence-corrected chi connectivity index (χ2v) is 6.77. The molecule has 0 atom stereocenters. The quantitative estimate of drug-likeness (QED) is 0.204. The minimum Gasteiger partial charge on any atom is -0.457 e. The molecule has 0 spiro atoms. The van der Waals surface area contributed by atoms with Crippen LogP contribution in [0, 0.1) is 11.6 Å². The number of hydrogen-bond donors (Lipinski definition) is 0. The third-order valence-corrected chi connectivity index (χ3v) is 4.55. The number of alkyl halides is 3. The van der Waals surface area contributed by atoms with Gasteiger partial charge in [0.1, 0.15) is 11.5 Å². The number of carbonyl (C=O) groups is 1. The largest absolute Gasteiger partial charge is 0.457 e. The first kappa shape index (κ1) is 20.8. The maximum atomic E-state index is 13.5. The lowest BCUT2D eigenvalue weighted by atomic mass is 10.1. The number of nitrogens with zero attached hydrogens (tertiary/aromatic N) is 1. The van der Waals surface area contributed by atoms with Crippen molar-refractivity contribution in [3.63, 3.8) is 0 Å². The molecule has 0 amide bonds. The number of rotatable bonds is 3. The number of ether oxygens (including phenoxy) is 1. The van der Waals surface area contributed by atoms with Gasteiger partial charge in [0.05, 0.1) is 16.1 Å². The summed E-state index contributed by atoms with van der Waals surface area (Å²) in [4.78, 5) is 16.0. The summed E-state index contributed by atoms with van der Waals surface area (Å²) in [6.45, 7) is 0. The van der Waals surface area contributed by atoms with Crippen LogP contribution in [0.1, 0.15) is 16.9 Å². The molecule has 10 heteroatoms. The van der Waals surface area contributed by atoms with Gasteiger partial charge in [0, 0.05) is 11.6 Å². The van der Waals surface area contributed by atoms with Gasteiger partial charge in [0.25, 0.3) is 0 Å². The Kier molecular flexibility index (Phi) is 5.14. The monoisotopic (exact) mass is 453 g/mol. The van der Waals surface area contributed by atoms with Crippen molar-refractivity contribution in [3.8, 4) is 11.3 Å². The highest BCUT2D eigenvalue weighted by Gasteiger charge is 2.31. The minimum atomic E-state index is -4.51. The summed E-state index contributed by atoms with van der Waals surface area (Å²) in [7, 11) is 0. The summed E-state index contributed by atoms with van der Waals surface area (Å²) in [6.07, 6.45) is -3.31. The zero-order valence-corrected chi connectivity index (χ0v) is 15.9. The Labute approximate surface area is 176 Å². The molecular weight excluding hydrogens is 445 g/mol. The average Bonchev–Trinajstić information content (AvgIpc) is 3.31. The van der Waals surface area contributed by atoms with Gasteiger partial charge < -0.3 is 9.15 Å². The van der Waals surface area contributed by atoms with Crippen molar-refractivity contribution < 1.29 is 35.9 Å². The van der Waals surface area contributed by atoms with Crippen LogP contribution in [0.15, 0.2) is 63.6 Å². The lowest BCUT2D eigenvalue weighted by Crippen LogP contribution is -2.07. The molecule has 0 saturated carbocycles. The molecule has 4 nitrogen and oxygen atoms in total. The molecule has 31 heavy (non-hydrogen) atoms. The van der Waals surface area contributed by atoms with Gasteiger partial charge >= 0.3 is 12.1 Å². The second-order valence-electron chi connectivity index (χ2n) is 6.36. The van der Waals surface area contributed by atoms with E-state index in [1.807, 2.05) is 0 Å². The number of halogens is 6. The molecule has 0 radical (unpaired) electrons. The van der Waals surface area contributed by atoms with Gasteiger partial charge in [-0.05, 0) is 36.4 Å². The molecule has 0 unspecified atom stereocenters. The van der Waals surface area contributed by atoms with Crippen molar-refractivity contribution in [2.24, 2.45) is 4.99 Å². The van der Waals surface area contributed by atoms with Gasteiger partial charge in [0.2, 0.25) is 5.90 Å². The van der Waals surface area contributed by atoms with Crippen LogP contribution in [-0.4, -0.2) is 11.9 Å². The first-order valence-corrected chi connectivity index (χ1v) is 8.94. The molecule has 2 aromatic carbocycles. The normalized spacial score (nSPS) is 15.4. The van der Waals surface area contributed by atoms with Crippen LogP contribution in [0.5, 0.6) is 0 Å². The predicted octanol–water partition coefficient (Wildman–Crippen LogP) is 6.24. The van der Waals surface area contributed by atoms with Gasteiger partial charge in [-0.2, -0.15) is 13.2 Å². The molecular formula is C21H9ClF5NO3. The number of cyclic esters (lactones) is 1. The highest BCUT2D eigenvalue weighted by molar-refractivity contribution is 6.34. The van der Waals surface area contributed by atoms with E-state index in [-0.39, 0.29) is 39.3 Å². The second kappa shape index (κ2) is 7.66. The Balaban J connectivity index is 1.64. The maximum Gasteiger partial charge on any atom is 0.416 e. The maximum absolute atomic E-state index is 13.5. The number of benzene rings is 2. The van der Waals surface area contributed by atoms with Crippen molar-refractivity contribution in [1.29, 1.82) is 0 Å². The van der Waals surface area contributed by atoms with Crippen LogP contribution in [-0.2, 0) is 15.7 Å². The number of carbonyl (C=O) groups excluding carboxylic acids is 1. The molecule has 1 aromatic heterocycles. The van der Waals surface area contributed by atoms with Crippen LogP contribution in [0.4, 0.5) is 22.0 Å². The zero-order valence-electron chi connectivity index (χ0n) is 15.1. The van der Waals surface area contributed by atoms with Gasteiger partial charge in [-0.25, -0.2) is 18.6 Å². The molecule has 1 aliphatic heterocycles. The highest BCUT2D eigenvalue weighted by Crippen LogP contribution is 2.33. The average molecular weight is 454 g/mol. The standard InChI is InChI=1S/C21H9ClF5NO3/c22-14-9-16(24)15(23)8-13(14)19-28-17(20(29)31-19)7-12-4-5-18(30-12)10-2-1-3-11(6-10)21(25,26)27/h1-9H. The molecule has 2 heterocycles. The SMILES string of the molecule is O=C1OC(c2cc(F)c(F)cc2Cl)=NC1=Cc1ccc(-c2cccc(C(F)(F)F)c2)o1.